The monoisotopic (exact) mass is 418 g/mol. The first-order valence-electron chi connectivity index (χ1n) is 10.6. The van der Waals surface area contributed by atoms with E-state index in [9.17, 15) is 9.59 Å². The lowest BCUT2D eigenvalue weighted by Gasteiger charge is -2.24. The van der Waals surface area contributed by atoms with Crippen molar-refractivity contribution in [3.63, 3.8) is 0 Å². The van der Waals surface area contributed by atoms with Gasteiger partial charge < -0.3 is 0 Å². The second-order valence-electron chi connectivity index (χ2n) is 9.55. The first-order chi connectivity index (χ1) is 14.2. The van der Waals surface area contributed by atoms with Gasteiger partial charge in [-0.15, -0.1) is 10.2 Å². The van der Waals surface area contributed by atoms with Crippen molar-refractivity contribution >= 4 is 11.6 Å². The lowest BCUT2D eigenvalue weighted by atomic mass is 9.82. The summed E-state index contributed by atoms with van der Waals surface area (Å²) in [6, 6.07) is 0. The van der Waals surface area contributed by atoms with Gasteiger partial charge in [-0.2, -0.15) is 0 Å². The van der Waals surface area contributed by atoms with Crippen molar-refractivity contribution < 1.29 is 9.59 Å². The lowest BCUT2D eigenvalue weighted by molar-refractivity contribution is -0.124. The summed E-state index contributed by atoms with van der Waals surface area (Å²) in [5.74, 6) is 0.327. The van der Waals surface area contributed by atoms with E-state index in [0.717, 1.165) is 38.8 Å². The fraction of sp³-hybridized carbons (Fsp3) is 0.800. The topological polar surface area (TPSA) is 121 Å². The summed E-state index contributed by atoms with van der Waals surface area (Å²) < 4.78 is 3.40. The average molecular weight is 419 g/mol. The van der Waals surface area contributed by atoms with E-state index in [2.05, 4.69) is 58.7 Å². The van der Waals surface area contributed by atoms with E-state index in [1.165, 1.54) is 0 Å². The zero-order valence-electron chi connectivity index (χ0n) is 18.6. The van der Waals surface area contributed by atoms with E-state index in [1.807, 2.05) is 0 Å². The number of carbonyl (C=O) groups is 2. The summed E-state index contributed by atoms with van der Waals surface area (Å²) in [5.41, 5.74) is 0.0461. The first-order valence-corrected chi connectivity index (χ1v) is 10.6. The van der Waals surface area contributed by atoms with Gasteiger partial charge in [0.15, 0.2) is 0 Å². The Morgan fingerprint density at radius 2 is 1.07 bits per heavy atom. The molecule has 0 saturated heterocycles. The van der Waals surface area contributed by atoms with Crippen molar-refractivity contribution in [3.8, 4) is 0 Å². The van der Waals surface area contributed by atoms with Gasteiger partial charge in [-0.25, -0.2) is 9.36 Å². The quantitative estimate of drug-likeness (QED) is 0.433. The highest BCUT2D eigenvalue weighted by Crippen LogP contribution is 2.29. The molecule has 2 aromatic heterocycles. The van der Waals surface area contributed by atoms with Crippen LogP contribution >= 0.6 is 0 Å². The smallest absolute Gasteiger partial charge is 0.138 e. The molecule has 0 spiro atoms. The number of Topliss-reactive ketones (excluding diaryl/α,β-unsaturated/α-hetero) is 2. The van der Waals surface area contributed by atoms with Gasteiger partial charge in [-0.1, -0.05) is 27.7 Å². The molecule has 10 heteroatoms. The van der Waals surface area contributed by atoms with Gasteiger partial charge in [0.05, 0.1) is 0 Å². The van der Waals surface area contributed by atoms with Crippen molar-refractivity contribution in [2.75, 3.05) is 0 Å². The van der Waals surface area contributed by atoms with Crippen LogP contribution in [0.1, 0.15) is 79.1 Å². The Morgan fingerprint density at radius 1 is 0.667 bits per heavy atom. The van der Waals surface area contributed by atoms with E-state index in [1.54, 1.807) is 22.0 Å². The number of nitrogens with zero attached hydrogens (tertiary/aromatic N) is 8. The Bertz CT molecular complexity index is 703. The number of tetrazole rings is 2. The van der Waals surface area contributed by atoms with Gasteiger partial charge in [0.2, 0.25) is 0 Å². The van der Waals surface area contributed by atoms with Crippen LogP contribution in [0.15, 0.2) is 12.7 Å². The molecule has 0 saturated carbocycles. The maximum Gasteiger partial charge on any atom is 0.138 e. The van der Waals surface area contributed by atoms with Gasteiger partial charge in [-0.05, 0) is 57.4 Å². The zero-order chi connectivity index (χ0) is 22.0. The SMILES string of the molecule is CC(C)(CCC(=O)CCC(=O)CCC(C)(C)CCn1cnnn1)CCn1cnnn1. The lowest BCUT2D eigenvalue weighted by Crippen LogP contribution is -2.18. The molecular formula is C20H34N8O2. The third-order valence-electron chi connectivity index (χ3n) is 5.66. The highest BCUT2D eigenvalue weighted by atomic mass is 16.1. The number of ketones is 2. The number of aromatic nitrogens is 8. The summed E-state index contributed by atoms with van der Waals surface area (Å²) in [4.78, 5) is 24.5. The fourth-order valence-corrected chi connectivity index (χ4v) is 3.13. The molecule has 0 bridgehead atoms. The molecule has 166 valence electrons. The van der Waals surface area contributed by atoms with Crippen molar-refractivity contribution in [1.29, 1.82) is 0 Å². The van der Waals surface area contributed by atoms with Crippen LogP contribution in [-0.2, 0) is 22.7 Å². The van der Waals surface area contributed by atoms with Gasteiger partial charge in [-0.3, -0.25) is 9.59 Å². The standard InChI is InChI=1S/C20H34N8O2/c1-19(2,11-13-27-15-21-23-25-27)9-7-17(29)5-6-18(30)8-10-20(3,4)12-14-28-16-22-24-26-28/h15-16H,5-14H2,1-4H3. The maximum atomic E-state index is 12.3. The van der Waals surface area contributed by atoms with Crippen LogP contribution in [0.3, 0.4) is 0 Å². The average Bonchev–Trinajstić information content (AvgIpc) is 3.40. The molecule has 0 aliphatic carbocycles. The summed E-state index contributed by atoms with van der Waals surface area (Å²) in [5, 5.41) is 22.2. The third-order valence-corrected chi connectivity index (χ3v) is 5.66. The van der Waals surface area contributed by atoms with Crippen LogP contribution in [-0.4, -0.2) is 52.0 Å². The summed E-state index contributed by atoms with van der Waals surface area (Å²) in [7, 11) is 0. The minimum atomic E-state index is 0.0231. The maximum absolute atomic E-state index is 12.3. The largest absolute Gasteiger partial charge is 0.300 e. The highest BCUT2D eigenvalue weighted by Gasteiger charge is 2.21. The van der Waals surface area contributed by atoms with Gasteiger partial charge >= 0.3 is 0 Å². The zero-order valence-corrected chi connectivity index (χ0v) is 18.6. The minimum Gasteiger partial charge on any atom is -0.300 e. The molecule has 0 aliphatic heterocycles. The predicted molar refractivity (Wildman–Crippen MR) is 110 cm³/mol. The van der Waals surface area contributed by atoms with Gasteiger partial charge in [0, 0.05) is 38.8 Å². The number of hydrogen-bond acceptors (Lipinski definition) is 8. The number of aryl methyl sites for hydroxylation is 2. The molecule has 0 atom stereocenters. The van der Waals surface area contributed by atoms with Crippen LogP contribution in [0.5, 0.6) is 0 Å². The van der Waals surface area contributed by atoms with Crippen molar-refractivity contribution in [2.24, 2.45) is 10.8 Å². The molecule has 30 heavy (non-hydrogen) atoms. The van der Waals surface area contributed by atoms with Crippen LogP contribution in [0.2, 0.25) is 0 Å². The van der Waals surface area contributed by atoms with E-state index >= 15 is 0 Å². The van der Waals surface area contributed by atoms with Gasteiger partial charge in [0.25, 0.3) is 0 Å². The van der Waals surface area contributed by atoms with Gasteiger partial charge in [0.1, 0.15) is 24.2 Å². The highest BCUT2D eigenvalue weighted by molar-refractivity contribution is 5.85. The Labute approximate surface area is 177 Å². The first kappa shape index (κ1) is 23.8. The van der Waals surface area contributed by atoms with Crippen LogP contribution in [0.25, 0.3) is 0 Å². The second-order valence-corrected chi connectivity index (χ2v) is 9.55. The Kier molecular flexibility index (Phi) is 8.73. The molecule has 0 aliphatic rings. The Balaban J connectivity index is 1.59. The fourth-order valence-electron chi connectivity index (χ4n) is 3.13. The molecular weight excluding hydrogens is 384 g/mol. The number of rotatable bonds is 15. The second kappa shape index (κ2) is 11.0. The van der Waals surface area contributed by atoms with Crippen molar-refractivity contribution in [3.05, 3.63) is 12.7 Å². The normalized spacial score (nSPS) is 12.3. The summed E-state index contributed by atoms with van der Waals surface area (Å²) >= 11 is 0. The van der Waals surface area contributed by atoms with Crippen LogP contribution in [0.4, 0.5) is 0 Å². The van der Waals surface area contributed by atoms with Crippen molar-refractivity contribution in [2.45, 2.75) is 92.2 Å². The molecule has 2 heterocycles. The van der Waals surface area contributed by atoms with E-state index in [4.69, 9.17) is 0 Å². The third kappa shape index (κ3) is 9.32. The number of hydrogen-bond donors (Lipinski definition) is 0. The van der Waals surface area contributed by atoms with E-state index in [0.29, 0.717) is 25.7 Å². The Morgan fingerprint density at radius 3 is 1.40 bits per heavy atom. The molecule has 10 nitrogen and oxygen atoms in total. The predicted octanol–water partition coefficient (Wildman–Crippen LogP) is 2.67. The number of carbonyl (C=O) groups excluding carboxylic acids is 2. The van der Waals surface area contributed by atoms with E-state index < -0.39 is 0 Å². The molecule has 2 rings (SSSR count). The molecule has 0 unspecified atom stereocenters. The molecule has 0 aromatic carbocycles. The van der Waals surface area contributed by atoms with Crippen molar-refractivity contribution in [1.82, 2.24) is 40.4 Å². The molecule has 0 amide bonds. The Hall–Kier alpha value is -2.52. The minimum absolute atomic E-state index is 0.0231. The molecule has 0 radical (unpaired) electrons. The molecule has 0 N–H and O–H groups in total. The van der Waals surface area contributed by atoms with E-state index in [-0.39, 0.29) is 22.4 Å². The van der Waals surface area contributed by atoms with Crippen LogP contribution < -0.4 is 0 Å². The molecule has 2 aromatic rings. The summed E-state index contributed by atoms with van der Waals surface area (Å²) in [6.07, 6.45) is 8.27. The van der Waals surface area contributed by atoms with Crippen LogP contribution in [0, 0.1) is 10.8 Å². The summed E-state index contributed by atoms with van der Waals surface area (Å²) in [6.45, 7) is 10.0. The molecule has 0 fully saturated rings.